The minimum absolute atomic E-state index is 0.0140. The van der Waals surface area contributed by atoms with Crippen molar-refractivity contribution in [3.8, 4) is 17.2 Å². The maximum absolute atomic E-state index is 12.2. The van der Waals surface area contributed by atoms with E-state index in [1.54, 1.807) is 0 Å². The number of rotatable bonds is 6. The summed E-state index contributed by atoms with van der Waals surface area (Å²) in [4.78, 5) is 1.84. The van der Waals surface area contributed by atoms with E-state index in [1.165, 1.54) is 50.8 Å². The molecule has 0 bridgehead atoms. The van der Waals surface area contributed by atoms with E-state index < -0.39 is 10.0 Å². The molecular weight excluding hydrogens is 391 g/mol. The number of sulfonamides is 1. The van der Waals surface area contributed by atoms with Gasteiger partial charge in [-0.25, -0.2) is 4.83 Å². The fourth-order valence-corrected chi connectivity index (χ4v) is 3.45. The van der Waals surface area contributed by atoms with Crippen LogP contribution in [-0.4, -0.2) is 34.0 Å². The van der Waals surface area contributed by atoms with E-state index >= 15 is 0 Å². The summed E-state index contributed by atoms with van der Waals surface area (Å²) < 4.78 is 34.5. The van der Waals surface area contributed by atoms with Gasteiger partial charge in [-0.2, -0.15) is 13.5 Å². The van der Waals surface area contributed by atoms with Crippen LogP contribution >= 0.6 is 23.2 Å². The largest absolute Gasteiger partial charge is 0.502 e. The smallest absolute Gasteiger partial charge is 0.278 e. The Morgan fingerprint density at radius 1 is 1.12 bits per heavy atom. The van der Waals surface area contributed by atoms with Gasteiger partial charge in [0.2, 0.25) is 5.75 Å². The van der Waals surface area contributed by atoms with Gasteiger partial charge in [-0.15, -0.1) is 0 Å². The van der Waals surface area contributed by atoms with Gasteiger partial charge in [-0.1, -0.05) is 23.2 Å². The first-order chi connectivity index (χ1) is 11.8. The van der Waals surface area contributed by atoms with Crippen molar-refractivity contribution in [2.45, 2.75) is 4.90 Å². The number of halogens is 2. The molecule has 2 aromatic rings. The number of nitrogens with one attached hydrogen (secondary N) is 1. The molecule has 10 heteroatoms. The van der Waals surface area contributed by atoms with E-state index in [2.05, 4.69) is 5.10 Å². The van der Waals surface area contributed by atoms with Gasteiger partial charge < -0.3 is 14.6 Å². The van der Waals surface area contributed by atoms with Crippen molar-refractivity contribution < 1.29 is 23.0 Å². The molecule has 0 aromatic heterocycles. The summed E-state index contributed by atoms with van der Waals surface area (Å²) in [7, 11) is -1.25. The molecule has 0 aliphatic carbocycles. The minimum Gasteiger partial charge on any atom is -0.502 e. The topological polar surface area (TPSA) is 97.2 Å². The van der Waals surface area contributed by atoms with Crippen LogP contribution < -0.4 is 14.3 Å². The van der Waals surface area contributed by atoms with Crippen molar-refractivity contribution in [2.75, 3.05) is 14.2 Å². The fourth-order valence-electron chi connectivity index (χ4n) is 1.89. The molecule has 0 saturated carbocycles. The Labute approximate surface area is 154 Å². The summed E-state index contributed by atoms with van der Waals surface area (Å²) in [5, 5.41) is 13.8. The Morgan fingerprint density at radius 3 is 2.28 bits per heavy atom. The zero-order chi connectivity index (χ0) is 18.6. The van der Waals surface area contributed by atoms with Crippen molar-refractivity contribution in [1.82, 2.24) is 4.83 Å². The quantitative estimate of drug-likeness (QED) is 0.569. The van der Waals surface area contributed by atoms with Gasteiger partial charge in [0.15, 0.2) is 11.5 Å². The van der Waals surface area contributed by atoms with Crippen LogP contribution in [0, 0.1) is 0 Å². The molecule has 2 rings (SSSR count). The first-order valence-electron chi connectivity index (χ1n) is 6.73. The lowest BCUT2D eigenvalue weighted by molar-refractivity contribution is 0.340. The third kappa shape index (κ3) is 4.47. The molecule has 0 unspecified atom stereocenters. The summed E-state index contributed by atoms with van der Waals surface area (Å²) >= 11 is 11.7. The van der Waals surface area contributed by atoms with Crippen LogP contribution in [-0.2, 0) is 10.0 Å². The van der Waals surface area contributed by atoms with Crippen LogP contribution in [0.15, 0.2) is 40.3 Å². The Morgan fingerprint density at radius 2 is 1.72 bits per heavy atom. The molecule has 0 fully saturated rings. The zero-order valence-corrected chi connectivity index (χ0v) is 15.5. The highest BCUT2D eigenvalue weighted by atomic mass is 35.5. The number of phenolic OH excluding ortho intramolecular Hbond substituents is 1. The maximum atomic E-state index is 12.2. The molecule has 2 aromatic carbocycles. The van der Waals surface area contributed by atoms with Gasteiger partial charge in [0, 0.05) is 10.6 Å². The third-order valence-corrected chi connectivity index (χ3v) is 5.01. The molecule has 0 aliphatic heterocycles. The van der Waals surface area contributed by atoms with Crippen molar-refractivity contribution in [3.05, 3.63) is 45.9 Å². The van der Waals surface area contributed by atoms with E-state index in [1.807, 2.05) is 4.83 Å². The summed E-state index contributed by atoms with van der Waals surface area (Å²) in [6, 6.07) is 6.98. The summed E-state index contributed by atoms with van der Waals surface area (Å²) in [5.41, 5.74) is 0.436. The second-order valence-electron chi connectivity index (χ2n) is 4.70. The average molecular weight is 405 g/mol. The Bertz CT molecular complexity index is 891. The van der Waals surface area contributed by atoms with Crippen LogP contribution in [0.4, 0.5) is 0 Å². The standard InChI is InChI=1S/C15H14Cl2N2O5S/c1-23-12-5-9(6-13(24-2)15(12)20)8-18-19-25(21,22)14-7-10(16)3-4-11(14)17/h3-8,19-20H,1-2H3. The monoisotopic (exact) mass is 404 g/mol. The van der Waals surface area contributed by atoms with E-state index in [0.717, 1.165) is 0 Å². The lowest BCUT2D eigenvalue weighted by Crippen LogP contribution is -2.18. The van der Waals surface area contributed by atoms with E-state index in [0.29, 0.717) is 5.56 Å². The second-order valence-corrected chi connectivity index (χ2v) is 7.17. The lowest BCUT2D eigenvalue weighted by Gasteiger charge is -2.09. The molecule has 0 heterocycles. The van der Waals surface area contributed by atoms with Gasteiger partial charge in [0.05, 0.1) is 25.5 Å². The molecule has 25 heavy (non-hydrogen) atoms. The predicted molar refractivity (Wildman–Crippen MR) is 95.6 cm³/mol. The van der Waals surface area contributed by atoms with Gasteiger partial charge in [-0.05, 0) is 30.3 Å². The minimum atomic E-state index is -4.00. The molecule has 2 N–H and O–H groups in total. The van der Waals surface area contributed by atoms with Gasteiger partial charge in [0.25, 0.3) is 10.0 Å². The van der Waals surface area contributed by atoms with E-state index in [-0.39, 0.29) is 32.2 Å². The van der Waals surface area contributed by atoms with Crippen LogP contribution in [0.1, 0.15) is 5.56 Å². The first kappa shape index (κ1) is 19.2. The maximum Gasteiger partial charge on any atom is 0.278 e. The Hall–Kier alpha value is -2.16. The van der Waals surface area contributed by atoms with Crippen molar-refractivity contribution >= 4 is 39.4 Å². The number of nitrogens with zero attached hydrogens (tertiary/aromatic N) is 1. The van der Waals surface area contributed by atoms with Gasteiger partial charge in [-0.3, -0.25) is 0 Å². The highest BCUT2D eigenvalue weighted by Crippen LogP contribution is 2.36. The molecule has 0 radical (unpaired) electrons. The number of aromatic hydroxyl groups is 1. The molecule has 0 amide bonds. The molecule has 0 spiro atoms. The molecule has 134 valence electrons. The molecule has 0 saturated heterocycles. The Balaban J connectivity index is 2.27. The normalized spacial score (nSPS) is 11.5. The van der Waals surface area contributed by atoms with Crippen molar-refractivity contribution in [1.29, 1.82) is 0 Å². The zero-order valence-electron chi connectivity index (χ0n) is 13.2. The van der Waals surface area contributed by atoms with E-state index in [4.69, 9.17) is 32.7 Å². The summed E-state index contributed by atoms with van der Waals surface area (Å²) in [6.07, 6.45) is 1.22. The van der Waals surface area contributed by atoms with Gasteiger partial charge in [0.1, 0.15) is 4.90 Å². The Kier molecular flexibility index (Phi) is 5.99. The number of phenols is 1. The summed E-state index contributed by atoms with van der Waals surface area (Å²) in [6.45, 7) is 0. The fraction of sp³-hybridized carbons (Fsp3) is 0.133. The molecular formula is C15H14Cl2N2O5S. The predicted octanol–water partition coefficient (Wildman–Crippen LogP) is 3.03. The highest BCUT2D eigenvalue weighted by Gasteiger charge is 2.17. The number of hydrogen-bond donors (Lipinski definition) is 2. The summed E-state index contributed by atoms with van der Waals surface area (Å²) in [5.74, 6) is 0.136. The number of hydrogen-bond acceptors (Lipinski definition) is 6. The molecule has 0 atom stereocenters. The van der Waals surface area contributed by atoms with E-state index in [9.17, 15) is 13.5 Å². The SMILES string of the molecule is COc1cc(C=NNS(=O)(=O)c2cc(Cl)ccc2Cl)cc(OC)c1O. The van der Waals surface area contributed by atoms with Gasteiger partial charge >= 0.3 is 0 Å². The number of ether oxygens (including phenoxy) is 2. The highest BCUT2D eigenvalue weighted by molar-refractivity contribution is 7.89. The van der Waals surface area contributed by atoms with Crippen LogP contribution in [0.3, 0.4) is 0 Å². The van der Waals surface area contributed by atoms with Crippen molar-refractivity contribution in [2.24, 2.45) is 5.10 Å². The average Bonchev–Trinajstić information content (AvgIpc) is 2.57. The number of benzene rings is 2. The van der Waals surface area contributed by atoms with Crippen LogP contribution in [0.25, 0.3) is 0 Å². The molecule has 0 aliphatic rings. The third-order valence-electron chi connectivity index (χ3n) is 3.07. The van der Waals surface area contributed by atoms with Crippen LogP contribution in [0.2, 0.25) is 10.0 Å². The lowest BCUT2D eigenvalue weighted by atomic mass is 10.2. The molecule has 7 nitrogen and oxygen atoms in total. The second kappa shape index (κ2) is 7.81. The number of hydrazone groups is 1. The first-order valence-corrected chi connectivity index (χ1v) is 8.97. The van der Waals surface area contributed by atoms with Crippen LogP contribution in [0.5, 0.6) is 17.2 Å². The van der Waals surface area contributed by atoms with Crippen molar-refractivity contribution in [3.63, 3.8) is 0 Å². The number of methoxy groups -OCH3 is 2.